The van der Waals surface area contributed by atoms with Crippen molar-refractivity contribution in [3.8, 4) is 5.75 Å². The van der Waals surface area contributed by atoms with Crippen LogP contribution in [0.5, 0.6) is 5.75 Å². The first kappa shape index (κ1) is 21.7. The van der Waals surface area contributed by atoms with Gasteiger partial charge in [-0.25, -0.2) is 0 Å². The summed E-state index contributed by atoms with van der Waals surface area (Å²) in [6, 6.07) is 11.5. The Bertz CT molecular complexity index is 1240. The second-order valence-corrected chi connectivity index (χ2v) is 7.86. The normalized spacial score (nSPS) is 14.8. The van der Waals surface area contributed by atoms with Crippen LogP contribution in [0.15, 0.2) is 47.3 Å². The molecular weight excluding hydrogens is 457 g/mol. The van der Waals surface area contributed by atoms with Gasteiger partial charge in [-0.2, -0.15) is 4.98 Å². The molecule has 164 valence electrons. The monoisotopic (exact) mass is 473 g/mol. The molecule has 0 saturated heterocycles. The fourth-order valence-electron chi connectivity index (χ4n) is 3.32. The number of rotatable bonds is 5. The minimum Gasteiger partial charge on any atom is -0.497 e. The van der Waals surface area contributed by atoms with Crippen molar-refractivity contribution in [3.63, 3.8) is 0 Å². The van der Waals surface area contributed by atoms with Gasteiger partial charge in [-0.1, -0.05) is 23.2 Å². The molecule has 1 atom stereocenters. The number of benzene rings is 2. The number of methoxy groups -OCH3 is 1. The second kappa shape index (κ2) is 8.89. The number of halogens is 2. The molecule has 0 unspecified atom stereocenters. The van der Waals surface area contributed by atoms with E-state index < -0.39 is 23.3 Å². The van der Waals surface area contributed by atoms with Crippen molar-refractivity contribution in [2.45, 2.75) is 12.3 Å². The number of nitrogens with one attached hydrogen (secondary N) is 4. The van der Waals surface area contributed by atoms with Crippen molar-refractivity contribution in [1.82, 2.24) is 9.97 Å². The third kappa shape index (κ3) is 4.68. The summed E-state index contributed by atoms with van der Waals surface area (Å²) in [6.07, 6.45) is -0.205. The first-order chi connectivity index (χ1) is 15.3. The summed E-state index contributed by atoms with van der Waals surface area (Å²) in [7, 11) is 1.56. The molecule has 4 rings (SSSR count). The summed E-state index contributed by atoms with van der Waals surface area (Å²) >= 11 is 11.9. The van der Waals surface area contributed by atoms with E-state index in [1.54, 1.807) is 31.4 Å². The Hall–Kier alpha value is -3.56. The zero-order valence-electron chi connectivity index (χ0n) is 16.7. The summed E-state index contributed by atoms with van der Waals surface area (Å²) in [5, 5.41) is 8.84. The van der Waals surface area contributed by atoms with Crippen molar-refractivity contribution in [1.29, 1.82) is 0 Å². The molecule has 9 nitrogen and oxygen atoms in total. The Morgan fingerprint density at radius 1 is 1.09 bits per heavy atom. The van der Waals surface area contributed by atoms with Crippen LogP contribution in [-0.4, -0.2) is 28.9 Å². The van der Waals surface area contributed by atoms with Gasteiger partial charge < -0.3 is 20.7 Å². The van der Waals surface area contributed by atoms with E-state index in [9.17, 15) is 14.4 Å². The molecule has 4 N–H and O–H groups in total. The van der Waals surface area contributed by atoms with E-state index in [4.69, 9.17) is 27.9 Å². The maximum atomic E-state index is 12.9. The van der Waals surface area contributed by atoms with Crippen LogP contribution < -0.4 is 26.2 Å². The number of fused-ring (bicyclic) bond motifs is 1. The number of H-pyrrole nitrogens is 1. The Balaban J connectivity index is 1.62. The molecule has 0 aliphatic carbocycles. The van der Waals surface area contributed by atoms with Crippen molar-refractivity contribution in [2.24, 2.45) is 0 Å². The van der Waals surface area contributed by atoms with Gasteiger partial charge in [0.05, 0.1) is 18.6 Å². The van der Waals surface area contributed by atoms with Gasteiger partial charge in [-0.15, -0.1) is 0 Å². The maximum absolute atomic E-state index is 12.9. The van der Waals surface area contributed by atoms with E-state index >= 15 is 0 Å². The number of hydrogen-bond donors (Lipinski definition) is 4. The first-order valence-corrected chi connectivity index (χ1v) is 10.2. The summed E-state index contributed by atoms with van der Waals surface area (Å²) in [4.78, 5) is 44.9. The number of carbonyl (C=O) groups excluding carboxylic acids is 2. The molecule has 1 aliphatic heterocycles. The summed E-state index contributed by atoms with van der Waals surface area (Å²) in [5.74, 6) is -1.22. The van der Waals surface area contributed by atoms with Crippen molar-refractivity contribution in [2.75, 3.05) is 23.1 Å². The lowest BCUT2D eigenvalue weighted by molar-refractivity contribution is -0.123. The van der Waals surface area contributed by atoms with Crippen LogP contribution in [0.2, 0.25) is 10.0 Å². The lowest BCUT2D eigenvalue weighted by atomic mass is 9.92. The van der Waals surface area contributed by atoms with Gasteiger partial charge in [0, 0.05) is 27.8 Å². The summed E-state index contributed by atoms with van der Waals surface area (Å²) < 4.78 is 5.11. The lowest BCUT2D eigenvalue weighted by Gasteiger charge is -2.23. The lowest BCUT2D eigenvalue weighted by Crippen LogP contribution is -2.36. The molecule has 0 radical (unpaired) electrons. The zero-order valence-corrected chi connectivity index (χ0v) is 18.2. The van der Waals surface area contributed by atoms with E-state index in [-0.39, 0.29) is 23.8 Å². The van der Waals surface area contributed by atoms with Gasteiger partial charge in [0.25, 0.3) is 5.56 Å². The van der Waals surface area contributed by atoms with Gasteiger partial charge in [0.2, 0.25) is 17.8 Å². The predicted octanol–water partition coefficient (Wildman–Crippen LogP) is 3.89. The number of ether oxygens (including phenoxy) is 1. The highest BCUT2D eigenvalue weighted by atomic mass is 35.5. The average Bonchev–Trinajstić information content (AvgIpc) is 2.72. The standard InChI is InChI=1S/C21H17Cl2N5O4/c1-32-14-4-2-12(3-5-14)25-21-27-18-17(20(31)28-21)15(9-16(29)26-18)19(30)24-13-7-10(22)6-11(23)8-13/h2-8,15H,9H2,1H3,(H,24,30)(H3,25,26,27,28,29,31)/t15-/m0/s1. The molecular formula is C21H17Cl2N5O4. The van der Waals surface area contributed by atoms with Crippen LogP contribution in [0.1, 0.15) is 17.9 Å². The average molecular weight is 474 g/mol. The van der Waals surface area contributed by atoms with Crippen LogP contribution in [0, 0.1) is 0 Å². The predicted molar refractivity (Wildman–Crippen MR) is 122 cm³/mol. The number of aromatic amines is 1. The second-order valence-electron chi connectivity index (χ2n) is 6.98. The fourth-order valence-corrected chi connectivity index (χ4v) is 3.85. The Kier molecular flexibility index (Phi) is 6.02. The molecule has 32 heavy (non-hydrogen) atoms. The van der Waals surface area contributed by atoms with Gasteiger partial charge in [0.1, 0.15) is 11.6 Å². The third-order valence-electron chi connectivity index (χ3n) is 4.75. The Morgan fingerprint density at radius 2 is 1.78 bits per heavy atom. The van der Waals surface area contributed by atoms with Crippen LogP contribution in [0.25, 0.3) is 0 Å². The number of carbonyl (C=O) groups is 2. The van der Waals surface area contributed by atoms with E-state index in [0.29, 0.717) is 27.2 Å². The smallest absolute Gasteiger partial charge is 0.258 e. The van der Waals surface area contributed by atoms with E-state index in [1.807, 2.05) is 0 Å². The van der Waals surface area contributed by atoms with Crippen LogP contribution >= 0.6 is 23.2 Å². The van der Waals surface area contributed by atoms with Crippen molar-refractivity contribution < 1.29 is 14.3 Å². The quantitative estimate of drug-likeness (QED) is 0.445. The third-order valence-corrected chi connectivity index (χ3v) is 5.19. The molecule has 0 bridgehead atoms. The minimum absolute atomic E-state index is 0.0188. The minimum atomic E-state index is -1.04. The number of anilines is 4. The van der Waals surface area contributed by atoms with Crippen molar-refractivity contribution in [3.05, 3.63) is 68.4 Å². The van der Waals surface area contributed by atoms with E-state index in [0.717, 1.165) is 0 Å². The molecule has 2 heterocycles. The van der Waals surface area contributed by atoms with Crippen LogP contribution in [-0.2, 0) is 9.59 Å². The molecule has 2 aromatic carbocycles. The topological polar surface area (TPSA) is 125 Å². The molecule has 0 spiro atoms. The highest BCUT2D eigenvalue weighted by molar-refractivity contribution is 6.35. The Morgan fingerprint density at radius 3 is 2.44 bits per heavy atom. The summed E-state index contributed by atoms with van der Waals surface area (Å²) in [5.41, 5.74) is 0.510. The SMILES string of the molecule is COc1ccc(Nc2nc3c(c(=O)[nH]2)[C@@H](C(=O)Nc2cc(Cl)cc(Cl)c2)CC(=O)N3)cc1. The van der Waals surface area contributed by atoms with Crippen LogP contribution in [0.3, 0.4) is 0 Å². The zero-order chi connectivity index (χ0) is 22.8. The number of nitrogens with zero attached hydrogens (tertiary/aromatic N) is 1. The molecule has 0 fully saturated rings. The van der Waals surface area contributed by atoms with Gasteiger partial charge in [-0.05, 0) is 42.5 Å². The molecule has 2 amide bonds. The van der Waals surface area contributed by atoms with Crippen LogP contribution in [0.4, 0.5) is 23.1 Å². The van der Waals surface area contributed by atoms with Crippen molar-refractivity contribution >= 4 is 58.2 Å². The summed E-state index contributed by atoms with van der Waals surface area (Å²) in [6.45, 7) is 0. The maximum Gasteiger partial charge on any atom is 0.258 e. The highest BCUT2D eigenvalue weighted by Crippen LogP contribution is 2.31. The molecule has 0 saturated carbocycles. The fraction of sp³-hybridized carbons (Fsp3) is 0.143. The highest BCUT2D eigenvalue weighted by Gasteiger charge is 2.34. The first-order valence-electron chi connectivity index (χ1n) is 9.44. The molecule has 3 aromatic rings. The number of amides is 2. The van der Waals surface area contributed by atoms with Gasteiger partial charge in [-0.3, -0.25) is 19.4 Å². The largest absolute Gasteiger partial charge is 0.497 e. The number of aromatic nitrogens is 2. The van der Waals surface area contributed by atoms with Gasteiger partial charge in [0.15, 0.2) is 0 Å². The van der Waals surface area contributed by atoms with E-state index in [1.165, 1.54) is 18.2 Å². The number of hydrogen-bond acceptors (Lipinski definition) is 6. The molecule has 1 aromatic heterocycles. The van der Waals surface area contributed by atoms with E-state index in [2.05, 4.69) is 25.9 Å². The van der Waals surface area contributed by atoms with Gasteiger partial charge >= 0.3 is 0 Å². The molecule has 1 aliphatic rings. The Labute approximate surface area is 192 Å². The molecule has 11 heteroatoms.